The van der Waals surface area contributed by atoms with Crippen molar-refractivity contribution in [3.63, 3.8) is 0 Å². The molecule has 2 aromatic carbocycles. The Bertz CT molecular complexity index is 675. The molecule has 5 nitrogen and oxygen atoms in total. The number of nitrogens with one attached hydrogen (secondary N) is 1. The van der Waals surface area contributed by atoms with E-state index in [0.29, 0.717) is 16.5 Å². The summed E-state index contributed by atoms with van der Waals surface area (Å²) in [6.45, 7) is 1.16. The maximum absolute atomic E-state index is 11.8. The summed E-state index contributed by atoms with van der Waals surface area (Å²) in [7, 11) is 0. The Morgan fingerprint density at radius 3 is 2.57 bits per heavy atom. The van der Waals surface area contributed by atoms with Gasteiger partial charge in [-0.3, -0.25) is 4.79 Å². The molecule has 6 heteroatoms. The quantitative estimate of drug-likeness (QED) is 0.824. The van der Waals surface area contributed by atoms with Gasteiger partial charge >= 0.3 is 5.97 Å². The monoisotopic (exact) mass is 333 g/mol. The number of amides is 1. The van der Waals surface area contributed by atoms with Gasteiger partial charge < -0.3 is 14.8 Å². The number of hydrogen-bond acceptors (Lipinski definition) is 4. The number of para-hydroxylation sites is 1. The van der Waals surface area contributed by atoms with Gasteiger partial charge in [0.15, 0.2) is 12.7 Å². The van der Waals surface area contributed by atoms with E-state index in [1.807, 2.05) is 6.07 Å². The van der Waals surface area contributed by atoms with Crippen molar-refractivity contribution in [1.29, 1.82) is 0 Å². The third-order valence-corrected chi connectivity index (χ3v) is 3.08. The Morgan fingerprint density at radius 2 is 1.87 bits per heavy atom. The number of carbonyl (C=O) groups excluding carboxylic acids is 2. The maximum Gasteiger partial charge on any atom is 0.347 e. The molecule has 0 unspecified atom stereocenters. The van der Waals surface area contributed by atoms with Crippen molar-refractivity contribution in [3.05, 3.63) is 59.6 Å². The summed E-state index contributed by atoms with van der Waals surface area (Å²) < 4.78 is 10.4. The Kier molecular flexibility index (Phi) is 6.00. The molecule has 0 saturated carbocycles. The smallest absolute Gasteiger partial charge is 0.347 e. The van der Waals surface area contributed by atoms with E-state index >= 15 is 0 Å². The number of anilines is 1. The molecular formula is C17H16ClNO4. The van der Waals surface area contributed by atoms with Gasteiger partial charge in [-0.15, -0.1) is 0 Å². The van der Waals surface area contributed by atoms with Crippen LogP contribution in [0.1, 0.15) is 6.92 Å². The standard InChI is InChI=1S/C17H16ClNO4/c1-12(23-15-8-3-2-4-9-15)17(21)22-11-16(20)19-14-7-5-6-13(18)10-14/h2-10,12H,11H2,1H3,(H,19,20)/t12-/m0/s1. The third kappa shape index (κ3) is 5.64. The van der Waals surface area contributed by atoms with Gasteiger partial charge in [0.2, 0.25) is 0 Å². The summed E-state index contributed by atoms with van der Waals surface area (Å²) in [5.74, 6) is -0.511. The van der Waals surface area contributed by atoms with E-state index < -0.39 is 24.6 Å². The third-order valence-electron chi connectivity index (χ3n) is 2.84. The molecule has 0 spiro atoms. The van der Waals surface area contributed by atoms with Gasteiger partial charge in [0.25, 0.3) is 5.91 Å². The second-order valence-electron chi connectivity index (χ2n) is 4.74. The van der Waals surface area contributed by atoms with Crippen molar-refractivity contribution < 1.29 is 19.1 Å². The Hall–Kier alpha value is -2.53. The van der Waals surface area contributed by atoms with Crippen LogP contribution in [0.25, 0.3) is 0 Å². The molecule has 0 radical (unpaired) electrons. The highest BCUT2D eigenvalue weighted by Crippen LogP contribution is 2.15. The van der Waals surface area contributed by atoms with Crippen molar-refractivity contribution in [2.24, 2.45) is 0 Å². The van der Waals surface area contributed by atoms with Crippen molar-refractivity contribution in [2.75, 3.05) is 11.9 Å². The van der Waals surface area contributed by atoms with Gasteiger partial charge in [-0.2, -0.15) is 0 Å². The summed E-state index contributed by atoms with van der Waals surface area (Å²) in [6, 6.07) is 15.6. The number of rotatable bonds is 6. The van der Waals surface area contributed by atoms with Crippen LogP contribution in [0.5, 0.6) is 5.75 Å². The van der Waals surface area contributed by atoms with Gasteiger partial charge in [-0.05, 0) is 37.3 Å². The lowest BCUT2D eigenvalue weighted by Gasteiger charge is -2.13. The van der Waals surface area contributed by atoms with Crippen LogP contribution in [0.2, 0.25) is 5.02 Å². The van der Waals surface area contributed by atoms with E-state index in [9.17, 15) is 9.59 Å². The number of benzene rings is 2. The fourth-order valence-electron chi connectivity index (χ4n) is 1.77. The fraction of sp³-hybridized carbons (Fsp3) is 0.176. The highest BCUT2D eigenvalue weighted by molar-refractivity contribution is 6.30. The van der Waals surface area contributed by atoms with Crippen LogP contribution in [0, 0.1) is 0 Å². The molecule has 1 amide bonds. The van der Waals surface area contributed by atoms with Crippen LogP contribution >= 0.6 is 11.6 Å². The number of esters is 1. The molecule has 0 aliphatic heterocycles. The summed E-state index contributed by atoms with van der Waals surface area (Å²) in [5, 5.41) is 3.09. The highest BCUT2D eigenvalue weighted by atomic mass is 35.5. The topological polar surface area (TPSA) is 64.6 Å². The van der Waals surface area contributed by atoms with Crippen molar-refractivity contribution in [1.82, 2.24) is 0 Å². The molecular weight excluding hydrogens is 318 g/mol. The highest BCUT2D eigenvalue weighted by Gasteiger charge is 2.17. The zero-order chi connectivity index (χ0) is 16.7. The lowest BCUT2D eigenvalue weighted by Crippen LogP contribution is -2.29. The first-order chi connectivity index (χ1) is 11.0. The molecule has 0 fully saturated rings. The van der Waals surface area contributed by atoms with Crippen LogP contribution < -0.4 is 10.1 Å². The van der Waals surface area contributed by atoms with Crippen LogP contribution in [-0.2, 0) is 14.3 Å². The van der Waals surface area contributed by atoms with E-state index in [4.69, 9.17) is 21.1 Å². The molecule has 0 aliphatic carbocycles. The van der Waals surface area contributed by atoms with E-state index in [1.165, 1.54) is 0 Å². The van der Waals surface area contributed by atoms with Crippen LogP contribution in [-0.4, -0.2) is 24.6 Å². The van der Waals surface area contributed by atoms with Crippen LogP contribution in [0.4, 0.5) is 5.69 Å². The molecule has 1 atom stereocenters. The van der Waals surface area contributed by atoms with E-state index in [1.54, 1.807) is 55.5 Å². The number of ether oxygens (including phenoxy) is 2. The summed E-state index contributed by atoms with van der Waals surface area (Å²) in [5.41, 5.74) is 0.534. The SMILES string of the molecule is C[C@H](Oc1ccccc1)C(=O)OCC(=O)Nc1cccc(Cl)c1. The normalized spacial score (nSPS) is 11.4. The summed E-state index contributed by atoms with van der Waals surface area (Å²) in [4.78, 5) is 23.5. The van der Waals surface area contributed by atoms with E-state index in [2.05, 4.69) is 5.32 Å². The van der Waals surface area contributed by atoms with Gasteiger partial charge in [0.05, 0.1) is 0 Å². The molecule has 0 heterocycles. The first-order valence-electron chi connectivity index (χ1n) is 6.98. The second-order valence-corrected chi connectivity index (χ2v) is 5.18. The number of halogens is 1. The molecule has 0 saturated heterocycles. The minimum absolute atomic E-state index is 0.395. The molecule has 2 aromatic rings. The molecule has 2 rings (SSSR count). The first kappa shape index (κ1) is 16.8. The van der Waals surface area contributed by atoms with Crippen LogP contribution in [0.3, 0.4) is 0 Å². The Morgan fingerprint density at radius 1 is 1.13 bits per heavy atom. The van der Waals surface area contributed by atoms with Gasteiger partial charge in [-0.1, -0.05) is 35.9 Å². The molecule has 23 heavy (non-hydrogen) atoms. The molecule has 1 N–H and O–H groups in total. The number of hydrogen-bond donors (Lipinski definition) is 1. The summed E-state index contributed by atoms with van der Waals surface area (Å²) >= 11 is 5.82. The molecule has 0 aliphatic rings. The number of carbonyl (C=O) groups is 2. The minimum atomic E-state index is -0.809. The average molecular weight is 334 g/mol. The predicted molar refractivity (Wildman–Crippen MR) is 87.6 cm³/mol. The van der Waals surface area contributed by atoms with E-state index in [-0.39, 0.29) is 0 Å². The average Bonchev–Trinajstić information content (AvgIpc) is 2.53. The molecule has 0 aromatic heterocycles. The lowest BCUT2D eigenvalue weighted by atomic mass is 10.3. The Balaban J connectivity index is 1.78. The van der Waals surface area contributed by atoms with Gasteiger partial charge in [0, 0.05) is 10.7 Å². The lowest BCUT2D eigenvalue weighted by molar-refractivity contribution is -0.153. The first-order valence-corrected chi connectivity index (χ1v) is 7.36. The minimum Gasteiger partial charge on any atom is -0.479 e. The zero-order valence-electron chi connectivity index (χ0n) is 12.5. The van der Waals surface area contributed by atoms with E-state index in [0.717, 1.165) is 0 Å². The largest absolute Gasteiger partial charge is 0.479 e. The Labute approximate surface area is 139 Å². The van der Waals surface area contributed by atoms with Gasteiger partial charge in [0.1, 0.15) is 5.75 Å². The fourth-order valence-corrected chi connectivity index (χ4v) is 1.96. The van der Waals surface area contributed by atoms with Crippen molar-refractivity contribution >= 4 is 29.2 Å². The molecule has 120 valence electrons. The van der Waals surface area contributed by atoms with Crippen molar-refractivity contribution in [3.8, 4) is 5.75 Å². The van der Waals surface area contributed by atoms with Crippen molar-refractivity contribution in [2.45, 2.75) is 13.0 Å². The maximum atomic E-state index is 11.8. The summed E-state index contributed by atoms with van der Waals surface area (Å²) in [6.07, 6.45) is -0.809. The zero-order valence-corrected chi connectivity index (χ0v) is 13.2. The predicted octanol–water partition coefficient (Wildman–Crippen LogP) is 3.29. The van der Waals surface area contributed by atoms with Crippen LogP contribution in [0.15, 0.2) is 54.6 Å². The van der Waals surface area contributed by atoms with Gasteiger partial charge in [-0.25, -0.2) is 4.79 Å². The second kappa shape index (κ2) is 8.19. The molecule has 0 bridgehead atoms.